The Balaban J connectivity index is 2.30. The molecular formula is C13H21N3O3S. The number of nitrogens with one attached hydrogen (secondary N) is 1. The Morgan fingerprint density at radius 3 is 3.00 bits per heavy atom. The lowest BCUT2D eigenvalue weighted by molar-refractivity contribution is -0.00277. The van der Waals surface area contributed by atoms with E-state index in [1.165, 1.54) is 10.5 Å². The number of aromatic nitrogens is 1. The largest absolute Gasteiger partial charge is 0.384 e. The van der Waals surface area contributed by atoms with Gasteiger partial charge in [0.15, 0.2) is 0 Å². The SMILES string of the molecule is CCNc1ccncc1S(=O)(=O)N1CCOC(CC)C1. The van der Waals surface area contributed by atoms with Gasteiger partial charge in [0.25, 0.3) is 0 Å². The Hall–Kier alpha value is -1.18. The number of ether oxygens (including phenoxy) is 1. The first-order valence-corrected chi connectivity index (χ1v) is 8.33. The molecule has 1 fully saturated rings. The molecule has 0 spiro atoms. The fraction of sp³-hybridized carbons (Fsp3) is 0.615. The Kier molecular flexibility index (Phi) is 4.95. The molecule has 0 amide bonds. The van der Waals surface area contributed by atoms with E-state index in [1.54, 1.807) is 12.3 Å². The number of rotatable bonds is 5. The molecule has 1 aliphatic heterocycles. The van der Waals surface area contributed by atoms with E-state index in [-0.39, 0.29) is 11.0 Å². The standard InChI is InChI=1S/C13H21N3O3S/c1-3-11-10-16(7-8-19-11)20(17,18)13-9-14-6-5-12(13)15-4-2/h5-6,9,11H,3-4,7-8,10H2,1-2H3,(H,14,15). The first-order chi connectivity index (χ1) is 9.59. The third-order valence-corrected chi connectivity index (χ3v) is 5.22. The summed E-state index contributed by atoms with van der Waals surface area (Å²) in [7, 11) is -3.53. The number of hydrogen-bond acceptors (Lipinski definition) is 5. The number of nitrogens with zero attached hydrogens (tertiary/aromatic N) is 2. The van der Waals surface area contributed by atoms with Crippen LogP contribution >= 0.6 is 0 Å². The van der Waals surface area contributed by atoms with Crippen LogP contribution in [0.5, 0.6) is 0 Å². The highest BCUT2D eigenvalue weighted by Gasteiger charge is 2.31. The Bertz CT molecular complexity index is 548. The van der Waals surface area contributed by atoms with Gasteiger partial charge in [-0.1, -0.05) is 6.92 Å². The minimum Gasteiger partial charge on any atom is -0.384 e. The fourth-order valence-corrected chi connectivity index (χ4v) is 3.79. The number of anilines is 1. The van der Waals surface area contributed by atoms with E-state index in [0.29, 0.717) is 31.9 Å². The van der Waals surface area contributed by atoms with Crippen molar-refractivity contribution >= 4 is 15.7 Å². The van der Waals surface area contributed by atoms with Crippen molar-refractivity contribution in [2.75, 3.05) is 31.6 Å². The average molecular weight is 299 g/mol. The van der Waals surface area contributed by atoms with Crippen LogP contribution in [-0.4, -0.2) is 50.1 Å². The number of hydrogen-bond donors (Lipinski definition) is 1. The minimum absolute atomic E-state index is 0.0298. The Labute approximate surface area is 120 Å². The normalized spacial score (nSPS) is 20.8. The molecule has 20 heavy (non-hydrogen) atoms. The van der Waals surface area contributed by atoms with E-state index in [0.717, 1.165) is 6.42 Å². The number of pyridine rings is 1. The van der Waals surface area contributed by atoms with Crippen molar-refractivity contribution in [3.05, 3.63) is 18.5 Å². The third kappa shape index (κ3) is 3.11. The molecule has 1 aromatic rings. The van der Waals surface area contributed by atoms with Crippen LogP contribution in [0, 0.1) is 0 Å². The van der Waals surface area contributed by atoms with Crippen LogP contribution < -0.4 is 5.32 Å². The number of morpholine rings is 1. The summed E-state index contributed by atoms with van der Waals surface area (Å²) in [5, 5.41) is 3.07. The smallest absolute Gasteiger partial charge is 0.246 e. The molecular weight excluding hydrogens is 278 g/mol. The summed E-state index contributed by atoms with van der Waals surface area (Å²) < 4.78 is 32.5. The first kappa shape index (κ1) is 15.2. The van der Waals surface area contributed by atoms with Crippen LogP contribution in [0.2, 0.25) is 0 Å². The van der Waals surface area contributed by atoms with Gasteiger partial charge in [-0.3, -0.25) is 4.98 Å². The van der Waals surface area contributed by atoms with Gasteiger partial charge in [0.05, 0.1) is 18.4 Å². The molecule has 1 saturated heterocycles. The van der Waals surface area contributed by atoms with Gasteiger partial charge in [0, 0.05) is 32.0 Å². The molecule has 1 atom stereocenters. The highest BCUT2D eigenvalue weighted by molar-refractivity contribution is 7.89. The van der Waals surface area contributed by atoms with Crippen LogP contribution in [-0.2, 0) is 14.8 Å². The van der Waals surface area contributed by atoms with Gasteiger partial charge in [-0.15, -0.1) is 0 Å². The molecule has 1 unspecified atom stereocenters. The van der Waals surface area contributed by atoms with Crippen molar-refractivity contribution in [2.24, 2.45) is 0 Å². The first-order valence-electron chi connectivity index (χ1n) is 6.89. The van der Waals surface area contributed by atoms with Crippen LogP contribution in [0.3, 0.4) is 0 Å². The maximum absolute atomic E-state index is 12.7. The zero-order valence-corrected chi connectivity index (χ0v) is 12.7. The molecule has 0 aliphatic carbocycles. The van der Waals surface area contributed by atoms with Gasteiger partial charge in [0.2, 0.25) is 10.0 Å². The summed E-state index contributed by atoms with van der Waals surface area (Å²) in [6, 6.07) is 1.69. The molecule has 0 saturated carbocycles. The summed E-state index contributed by atoms with van der Waals surface area (Å²) in [6.45, 7) is 5.81. The second-order valence-electron chi connectivity index (χ2n) is 4.67. The summed E-state index contributed by atoms with van der Waals surface area (Å²) >= 11 is 0. The lowest BCUT2D eigenvalue weighted by atomic mass is 10.2. The van der Waals surface area contributed by atoms with Gasteiger partial charge in [-0.25, -0.2) is 8.42 Å². The summed E-state index contributed by atoms with van der Waals surface area (Å²) in [5.74, 6) is 0. The molecule has 6 nitrogen and oxygen atoms in total. The molecule has 2 heterocycles. The zero-order chi connectivity index (χ0) is 14.6. The monoisotopic (exact) mass is 299 g/mol. The predicted molar refractivity (Wildman–Crippen MR) is 77.2 cm³/mol. The average Bonchev–Trinajstić information content (AvgIpc) is 2.48. The summed E-state index contributed by atoms with van der Waals surface area (Å²) in [6.07, 6.45) is 3.77. The molecule has 112 valence electrons. The second-order valence-corrected chi connectivity index (χ2v) is 6.57. The van der Waals surface area contributed by atoms with Crippen LogP contribution in [0.1, 0.15) is 20.3 Å². The van der Waals surface area contributed by atoms with Gasteiger partial charge in [-0.2, -0.15) is 4.31 Å². The Morgan fingerprint density at radius 2 is 2.30 bits per heavy atom. The molecule has 0 radical (unpaired) electrons. The van der Waals surface area contributed by atoms with Gasteiger partial charge in [0.1, 0.15) is 4.90 Å². The lowest BCUT2D eigenvalue weighted by Crippen LogP contribution is -2.45. The Morgan fingerprint density at radius 1 is 1.50 bits per heavy atom. The predicted octanol–water partition coefficient (Wildman–Crippen LogP) is 1.31. The van der Waals surface area contributed by atoms with Crippen LogP contribution in [0.15, 0.2) is 23.4 Å². The van der Waals surface area contributed by atoms with Crippen LogP contribution in [0.25, 0.3) is 0 Å². The molecule has 0 aromatic carbocycles. The van der Waals surface area contributed by atoms with Crippen molar-refractivity contribution < 1.29 is 13.2 Å². The maximum atomic E-state index is 12.7. The third-order valence-electron chi connectivity index (χ3n) is 3.33. The van der Waals surface area contributed by atoms with E-state index in [9.17, 15) is 8.42 Å². The van der Waals surface area contributed by atoms with Gasteiger partial charge < -0.3 is 10.1 Å². The molecule has 0 bridgehead atoms. The van der Waals surface area contributed by atoms with Crippen molar-refractivity contribution in [1.82, 2.24) is 9.29 Å². The van der Waals surface area contributed by atoms with Crippen molar-refractivity contribution in [2.45, 2.75) is 31.3 Å². The fourth-order valence-electron chi connectivity index (χ4n) is 2.22. The lowest BCUT2D eigenvalue weighted by Gasteiger charge is -2.32. The van der Waals surface area contributed by atoms with Crippen molar-refractivity contribution in [1.29, 1.82) is 0 Å². The molecule has 1 aliphatic rings. The molecule has 1 N–H and O–H groups in total. The molecule has 7 heteroatoms. The van der Waals surface area contributed by atoms with Gasteiger partial charge >= 0.3 is 0 Å². The topological polar surface area (TPSA) is 71.5 Å². The van der Waals surface area contributed by atoms with E-state index < -0.39 is 10.0 Å². The van der Waals surface area contributed by atoms with E-state index in [1.807, 2.05) is 13.8 Å². The van der Waals surface area contributed by atoms with E-state index >= 15 is 0 Å². The highest BCUT2D eigenvalue weighted by Crippen LogP contribution is 2.25. The van der Waals surface area contributed by atoms with E-state index in [2.05, 4.69) is 10.3 Å². The maximum Gasteiger partial charge on any atom is 0.246 e. The van der Waals surface area contributed by atoms with Crippen molar-refractivity contribution in [3.8, 4) is 0 Å². The van der Waals surface area contributed by atoms with Crippen LogP contribution in [0.4, 0.5) is 5.69 Å². The minimum atomic E-state index is -3.53. The highest BCUT2D eigenvalue weighted by atomic mass is 32.2. The quantitative estimate of drug-likeness (QED) is 0.887. The molecule has 1 aromatic heterocycles. The van der Waals surface area contributed by atoms with E-state index in [4.69, 9.17) is 4.74 Å². The zero-order valence-electron chi connectivity index (χ0n) is 11.9. The summed E-state index contributed by atoms with van der Waals surface area (Å²) in [4.78, 5) is 4.19. The number of sulfonamides is 1. The van der Waals surface area contributed by atoms with Gasteiger partial charge in [-0.05, 0) is 19.4 Å². The molecule has 2 rings (SSSR count). The van der Waals surface area contributed by atoms with Crippen molar-refractivity contribution in [3.63, 3.8) is 0 Å². The summed E-state index contributed by atoms with van der Waals surface area (Å²) in [5.41, 5.74) is 0.599. The second kappa shape index (κ2) is 6.51.